The van der Waals surface area contributed by atoms with E-state index in [4.69, 9.17) is 16.5 Å². The van der Waals surface area contributed by atoms with Crippen LogP contribution < -0.4 is 0 Å². The standard InChI is InChI=1S/C27H16N8.Pt/c1-27(2)21-10-6-12-23(32-21)34-15-19(30-25(34)14-28)17-8-4-5-9-18(17)20-16-35(26(29-3)31-20)24-13-7-11-22(27)33-24;/h4-13H,1-2H3;/q-2;+2. The van der Waals surface area contributed by atoms with E-state index in [0.29, 0.717) is 28.6 Å². The van der Waals surface area contributed by atoms with Gasteiger partial charge in [0.2, 0.25) is 0 Å². The van der Waals surface area contributed by atoms with Crippen LogP contribution >= 0.6 is 0 Å². The largest absolute Gasteiger partial charge is 2.00 e. The van der Waals surface area contributed by atoms with E-state index in [1.54, 1.807) is 9.13 Å². The van der Waals surface area contributed by atoms with Crippen LogP contribution in [0.3, 0.4) is 0 Å². The van der Waals surface area contributed by atoms with Crippen molar-refractivity contribution in [2.24, 2.45) is 0 Å². The average Bonchev–Trinajstić information content (AvgIpc) is 3.53. The third-order valence-corrected chi connectivity index (χ3v) is 6.12. The second-order valence-electron chi connectivity index (χ2n) is 8.60. The van der Waals surface area contributed by atoms with Gasteiger partial charge in [-0.2, -0.15) is 0 Å². The molecule has 0 fully saturated rings. The van der Waals surface area contributed by atoms with Gasteiger partial charge >= 0.3 is 27.0 Å². The van der Waals surface area contributed by atoms with Crippen molar-refractivity contribution < 1.29 is 21.1 Å². The van der Waals surface area contributed by atoms with Gasteiger partial charge in [0.1, 0.15) is 11.6 Å². The molecule has 1 aliphatic heterocycles. The maximum atomic E-state index is 9.83. The van der Waals surface area contributed by atoms with E-state index in [1.165, 1.54) is 0 Å². The number of nitriles is 1. The van der Waals surface area contributed by atoms with Crippen LogP contribution in [0.5, 0.6) is 0 Å². The van der Waals surface area contributed by atoms with Crippen LogP contribution in [0, 0.1) is 30.3 Å². The summed E-state index contributed by atoms with van der Waals surface area (Å²) in [5.41, 5.74) is 3.35. The number of pyridine rings is 2. The molecular weight excluding hydrogens is 631 g/mol. The van der Waals surface area contributed by atoms with E-state index < -0.39 is 5.41 Å². The molecule has 0 saturated carbocycles. The molecule has 0 aliphatic carbocycles. The van der Waals surface area contributed by atoms with Gasteiger partial charge in [0, 0.05) is 16.8 Å². The van der Waals surface area contributed by atoms with E-state index in [-0.39, 0.29) is 32.8 Å². The number of nitrogens with zero attached hydrogens (tertiary/aromatic N) is 8. The molecule has 1 aromatic carbocycles. The van der Waals surface area contributed by atoms with Crippen LogP contribution in [0.25, 0.3) is 39.0 Å². The van der Waals surface area contributed by atoms with Crippen molar-refractivity contribution in [2.75, 3.05) is 0 Å². The van der Waals surface area contributed by atoms with Crippen LogP contribution in [0.15, 0.2) is 60.7 Å². The van der Waals surface area contributed by atoms with Crippen LogP contribution in [-0.4, -0.2) is 29.1 Å². The van der Waals surface area contributed by atoms with Crippen LogP contribution in [0.4, 0.5) is 5.95 Å². The minimum atomic E-state index is -0.576. The van der Waals surface area contributed by atoms with Crippen molar-refractivity contribution in [3.63, 3.8) is 0 Å². The van der Waals surface area contributed by atoms with Gasteiger partial charge in [0.15, 0.2) is 0 Å². The Morgan fingerprint density at radius 3 is 1.94 bits per heavy atom. The number of aromatic nitrogens is 6. The Morgan fingerprint density at radius 2 is 1.36 bits per heavy atom. The van der Waals surface area contributed by atoms with E-state index in [0.717, 1.165) is 17.0 Å². The third kappa shape index (κ3) is 3.55. The zero-order valence-corrected chi connectivity index (χ0v) is 21.4. The first-order valence-corrected chi connectivity index (χ1v) is 10.9. The summed E-state index contributed by atoms with van der Waals surface area (Å²) in [4.78, 5) is 22.5. The molecule has 9 heteroatoms. The molecule has 0 radical (unpaired) electrons. The van der Waals surface area contributed by atoms with Gasteiger partial charge in [-0.15, -0.1) is 29.3 Å². The maximum Gasteiger partial charge on any atom is 2.00 e. The normalized spacial score (nSPS) is 12.7. The first kappa shape index (κ1) is 23.4. The number of rotatable bonds is 0. The predicted molar refractivity (Wildman–Crippen MR) is 128 cm³/mol. The second-order valence-corrected chi connectivity index (χ2v) is 8.60. The summed E-state index contributed by atoms with van der Waals surface area (Å²) in [5.74, 6) is 1.40. The summed E-state index contributed by atoms with van der Waals surface area (Å²) >= 11 is 0. The number of hydrogen-bond acceptors (Lipinski definition) is 5. The monoisotopic (exact) mass is 647 g/mol. The van der Waals surface area contributed by atoms with Gasteiger partial charge in [-0.05, 0) is 43.9 Å². The second kappa shape index (κ2) is 8.68. The molecule has 0 N–H and O–H groups in total. The molecule has 0 atom stereocenters. The Morgan fingerprint density at radius 1 is 0.806 bits per heavy atom. The summed E-state index contributed by atoms with van der Waals surface area (Å²) in [6.07, 6.45) is 6.46. The van der Waals surface area contributed by atoms with Gasteiger partial charge in [-0.1, -0.05) is 35.9 Å². The van der Waals surface area contributed by atoms with Crippen molar-refractivity contribution in [2.45, 2.75) is 19.3 Å². The van der Waals surface area contributed by atoms with E-state index >= 15 is 0 Å². The topological polar surface area (TPSA) is 89.6 Å². The molecule has 36 heavy (non-hydrogen) atoms. The Kier molecular flexibility index (Phi) is 5.63. The minimum Gasteiger partial charge on any atom is -0.396 e. The van der Waals surface area contributed by atoms with Gasteiger partial charge in [-0.3, -0.25) is 19.5 Å². The van der Waals surface area contributed by atoms with Crippen LogP contribution in [0.2, 0.25) is 0 Å². The summed E-state index contributed by atoms with van der Waals surface area (Å²) in [6.45, 7) is 11.8. The number of fused-ring (bicyclic) bond motifs is 13. The molecule has 0 saturated heterocycles. The molecule has 5 aromatic rings. The summed E-state index contributed by atoms with van der Waals surface area (Å²) in [5, 5.41) is 9.83. The Labute approximate surface area is 222 Å². The fourth-order valence-corrected chi connectivity index (χ4v) is 4.21. The first-order chi connectivity index (χ1) is 17.0. The molecule has 1 aliphatic rings. The molecule has 4 aromatic heterocycles. The summed E-state index contributed by atoms with van der Waals surface area (Å²) in [6, 6.07) is 21.0. The summed E-state index contributed by atoms with van der Waals surface area (Å²) < 4.78 is 3.15. The van der Waals surface area contributed by atoms with E-state index in [2.05, 4.69) is 33.3 Å². The molecular formula is C27H16N8Pt. The van der Waals surface area contributed by atoms with Gasteiger partial charge in [-0.25, -0.2) is 5.26 Å². The van der Waals surface area contributed by atoms with Crippen molar-refractivity contribution in [3.8, 4) is 40.2 Å². The smallest absolute Gasteiger partial charge is 0.396 e. The number of imidazole rings is 2. The summed E-state index contributed by atoms with van der Waals surface area (Å²) in [7, 11) is 0. The Hall–Kier alpha value is -4.39. The fourth-order valence-electron chi connectivity index (χ4n) is 4.21. The Bertz CT molecular complexity index is 1590. The predicted octanol–water partition coefficient (Wildman–Crippen LogP) is 4.84. The molecule has 6 rings (SSSR count). The number of benzene rings is 1. The van der Waals surface area contributed by atoms with Crippen LogP contribution in [0.1, 0.15) is 31.1 Å². The molecule has 0 unspecified atom stereocenters. The Balaban J connectivity index is 0.00000267. The zero-order chi connectivity index (χ0) is 24.2. The van der Waals surface area contributed by atoms with Crippen molar-refractivity contribution in [1.29, 1.82) is 5.26 Å². The molecule has 8 nitrogen and oxygen atoms in total. The number of hydrogen-bond donors (Lipinski definition) is 0. The van der Waals surface area contributed by atoms with Gasteiger partial charge in [0.05, 0.1) is 23.8 Å². The molecule has 8 bridgehead atoms. The van der Waals surface area contributed by atoms with Crippen molar-refractivity contribution in [1.82, 2.24) is 29.1 Å². The van der Waals surface area contributed by atoms with Crippen molar-refractivity contribution in [3.05, 3.63) is 102 Å². The van der Waals surface area contributed by atoms with E-state index in [9.17, 15) is 5.26 Å². The SMILES string of the molecule is [C-]#[N+]c1nc2[c-]n1-c1cccc(n1)C(C)(C)c1cccc(n1)-n1[c-]c(nc1C#N)-c1ccccc1-2.[Pt+2]. The molecule has 5 heterocycles. The van der Waals surface area contributed by atoms with Crippen LogP contribution in [-0.2, 0) is 26.5 Å². The molecule has 174 valence electrons. The third-order valence-electron chi connectivity index (χ3n) is 6.12. The van der Waals surface area contributed by atoms with Gasteiger partial charge < -0.3 is 9.41 Å². The quantitative estimate of drug-likeness (QED) is 0.225. The maximum absolute atomic E-state index is 9.83. The van der Waals surface area contributed by atoms with Gasteiger partial charge in [0.25, 0.3) is 0 Å². The fraction of sp³-hybridized carbons (Fsp3) is 0.111. The molecule has 0 amide bonds. The van der Waals surface area contributed by atoms with Crippen molar-refractivity contribution >= 4 is 5.95 Å². The minimum absolute atomic E-state index is 0. The first-order valence-electron chi connectivity index (χ1n) is 10.9. The average molecular weight is 648 g/mol. The van der Waals surface area contributed by atoms with E-state index in [1.807, 2.05) is 74.5 Å². The zero-order valence-electron chi connectivity index (χ0n) is 19.2. The molecule has 0 spiro atoms.